The lowest BCUT2D eigenvalue weighted by Gasteiger charge is -2.12. The average molecular weight is 573 g/mol. The number of hydrogen-bond acceptors (Lipinski definition) is 6. The molecule has 0 saturated heterocycles. The largest absolute Gasteiger partial charge is 0.462 e. The molecule has 0 aliphatic carbocycles. The number of unbranched alkanes of at least 4 members (excludes halogenated alkanes) is 7. The van der Waals surface area contributed by atoms with Gasteiger partial charge in [-0.15, -0.1) is 0 Å². The SMILES string of the molecule is CCCCCCCCCCOC(=O)c1ccc(-c2cnc(-c3ccc(OC(=O)C(C)CCCC(C)C)cc3)nc2)cc1. The van der Waals surface area contributed by atoms with Crippen LogP contribution in [0.2, 0.25) is 0 Å². The number of rotatable bonds is 18. The van der Waals surface area contributed by atoms with Gasteiger partial charge in [0.1, 0.15) is 5.75 Å². The number of carbonyl (C=O) groups is 2. The molecular weight excluding hydrogens is 524 g/mol. The first-order valence-corrected chi connectivity index (χ1v) is 15.8. The number of hydrogen-bond donors (Lipinski definition) is 0. The molecule has 3 aromatic rings. The molecule has 0 fully saturated rings. The molecule has 1 unspecified atom stereocenters. The molecule has 0 bridgehead atoms. The third-order valence-corrected chi connectivity index (χ3v) is 7.49. The van der Waals surface area contributed by atoms with Gasteiger partial charge in [-0.3, -0.25) is 4.79 Å². The lowest BCUT2D eigenvalue weighted by molar-refractivity contribution is -0.138. The van der Waals surface area contributed by atoms with Gasteiger partial charge in [0.25, 0.3) is 0 Å². The number of benzene rings is 2. The molecule has 1 atom stereocenters. The van der Waals surface area contributed by atoms with E-state index in [-0.39, 0.29) is 17.9 Å². The molecule has 6 nitrogen and oxygen atoms in total. The normalized spacial score (nSPS) is 11.8. The fourth-order valence-corrected chi connectivity index (χ4v) is 4.75. The summed E-state index contributed by atoms with van der Waals surface area (Å²) in [4.78, 5) is 33.9. The molecule has 0 amide bonds. The summed E-state index contributed by atoms with van der Waals surface area (Å²) in [6, 6.07) is 14.6. The number of aromatic nitrogens is 2. The van der Waals surface area contributed by atoms with Crippen molar-refractivity contribution in [2.75, 3.05) is 6.61 Å². The van der Waals surface area contributed by atoms with E-state index in [2.05, 4.69) is 30.7 Å². The van der Waals surface area contributed by atoms with E-state index < -0.39 is 0 Å². The van der Waals surface area contributed by atoms with E-state index in [0.29, 0.717) is 29.7 Å². The van der Waals surface area contributed by atoms with Crippen LogP contribution < -0.4 is 4.74 Å². The van der Waals surface area contributed by atoms with Gasteiger partial charge < -0.3 is 9.47 Å². The second-order valence-corrected chi connectivity index (χ2v) is 11.7. The van der Waals surface area contributed by atoms with Gasteiger partial charge in [-0.2, -0.15) is 0 Å². The van der Waals surface area contributed by atoms with Crippen molar-refractivity contribution in [3.8, 4) is 28.3 Å². The van der Waals surface area contributed by atoms with Crippen LogP contribution in [0, 0.1) is 11.8 Å². The molecule has 2 aromatic carbocycles. The molecule has 42 heavy (non-hydrogen) atoms. The monoisotopic (exact) mass is 572 g/mol. The third-order valence-electron chi connectivity index (χ3n) is 7.49. The highest BCUT2D eigenvalue weighted by molar-refractivity contribution is 5.90. The lowest BCUT2D eigenvalue weighted by Crippen LogP contribution is -2.17. The van der Waals surface area contributed by atoms with Crippen molar-refractivity contribution in [3.05, 3.63) is 66.5 Å². The molecule has 0 spiro atoms. The quantitative estimate of drug-likeness (QED) is 0.0858. The number of ether oxygens (including phenoxy) is 2. The Morgan fingerprint density at radius 1 is 0.690 bits per heavy atom. The molecule has 1 aromatic heterocycles. The zero-order chi connectivity index (χ0) is 30.2. The first kappa shape index (κ1) is 33.0. The maximum atomic E-state index is 12.4. The van der Waals surface area contributed by atoms with E-state index in [9.17, 15) is 9.59 Å². The molecule has 1 heterocycles. The van der Waals surface area contributed by atoms with E-state index >= 15 is 0 Å². The van der Waals surface area contributed by atoms with Crippen molar-refractivity contribution in [2.45, 2.75) is 98.3 Å². The van der Waals surface area contributed by atoms with E-state index in [1.165, 1.54) is 38.5 Å². The summed E-state index contributed by atoms with van der Waals surface area (Å²) in [6.45, 7) is 9.00. The maximum absolute atomic E-state index is 12.4. The summed E-state index contributed by atoms with van der Waals surface area (Å²) < 4.78 is 11.0. The van der Waals surface area contributed by atoms with Crippen molar-refractivity contribution < 1.29 is 19.1 Å². The van der Waals surface area contributed by atoms with Crippen LogP contribution in [0.15, 0.2) is 60.9 Å². The molecular formula is C36H48N2O4. The lowest BCUT2D eigenvalue weighted by atomic mass is 10.00. The fraction of sp³-hybridized carbons (Fsp3) is 0.500. The van der Waals surface area contributed by atoms with Crippen molar-refractivity contribution in [1.82, 2.24) is 9.97 Å². The van der Waals surface area contributed by atoms with Gasteiger partial charge in [0.15, 0.2) is 5.82 Å². The Morgan fingerprint density at radius 2 is 1.29 bits per heavy atom. The smallest absolute Gasteiger partial charge is 0.338 e. The van der Waals surface area contributed by atoms with Crippen molar-refractivity contribution in [3.63, 3.8) is 0 Å². The second-order valence-electron chi connectivity index (χ2n) is 11.7. The maximum Gasteiger partial charge on any atom is 0.338 e. The summed E-state index contributed by atoms with van der Waals surface area (Å²) in [7, 11) is 0. The Hall–Kier alpha value is -3.54. The first-order chi connectivity index (χ1) is 20.4. The summed E-state index contributed by atoms with van der Waals surface area (Å²) in [5, 5.41) is 0. The number of nitrogens with zero attached hydrogens (tertiary/aromatic N) is 2. The highest BCUT2D eigenvalue weighted by Crippen LogP contribution is 2.24. The topological polar surface area (TPSA) is 78.4 Å². The van der Waals surface area contributed by atoms with Gasteiger partial charge in [0.05, 0.1) is 18.1 Å². The Balaban J connectivity index is 1.44. The van der Waals surface area contributed by atoms with E-state index in [4.69, 9.17) is 9.47 Å². The predicted octanol–water partition coefficient (Wildman–Crippen LogP) is 9.48. The van der Waals surface area contributed by atoms with Crippen LogP contribution in [-0.4, -0.2) is 28.5 Å². The van der Waals surface area contributed by atoms with Crippen molar-refractivity contribution >= 4 is 11.9 Å². The Bertz CT molecular complexity index is 1200. The molecule has 3 rings (SSSR count). The predicted molar refractivity (Wildman–Crippen MR) is 169 cm³/mol. The van der Waals surface area contributed by atoms with Crippen LogP contribution in [0.1, 0.15) is 109 Å². The van der Waals surface area contributed by atoms with Gasteiger partial charge >= 0.3 is 11.9 Å². The van der Waals surface area contributed by atoms with Crippen LogP contribution in [0.25, 0.3) is 22.5 Å². The summed E-state index contributed by atoms with van der Waals surface area (Å²) in [6.07, 6.45) is 16.2. The van der Waals surface area contributed by atoms with E-state index in [1.807, 2.05) is 31.2 Å². The van der Waals surface area contributed by atoms with Crippen molar-refractivity contribution in [2.24, 2.45) is 11.8 Å². The van der Waals surface area contributed by atoms with Gasteiger partial charge in [-0.1, -0.05) is 97.6 Å². The Labute approximate surface area is 252 Å². The van der Waals surface area contributed by atoms with Crippen LogP contribution in [0.4, 0.5) is 0 Å². The zero-order valence-electron chi connectivity index (χ0n) is 25.9. The van der Waals surface area contributed by atoms with E-state index in [0.717, 1.165) is 48.8 Å². The standard InChI is InChI=1S/C36H48N2O4/c1-5-6-7-8-9-10-11-12-24-41-36(40)31-18-16-29(17-19-31)32-25-37-34(38-26-32)30-20-22-33(23-21-30)42-35(39)28(4)15-13-14-27(2)3/h16-23,25-28H,5-15,24H2,1-4H3. The molecule has 0 saturated carbocycles. The third kappa shape index (κ3) is 11.4. The van der Waals surface area contributed by atoms with Gasteiger partial charge in [-0.05, 0) is 60.7 Å². The highest BCUT2D eigenvalue weighted by atomic mass is 16.5. The zero-order valence-corrected chi connectivity index (χ0v) is 25.9. The van der Waals surface area contributed by atoms with Crippen LogP contribution in [-0.2, 0) is 9.53 Å². The molecule has 0 aliphatic heterocycles. The number of esters is 2. The van der Waals surface area contributed by atoms with Crippen LogP contribution >= 0.6 is 0 Å². The van der Waals surface area contributed by atoms with Gasteiger partial charge in [0.2, 0.25) is 0 Å². The molecule has 0 N–H and O–H groups in total. The minimum atomic E-state index is -0.286. The highest BCUT2D eigenvalue weighted by Gasteiger charge is 2.16. The van der Waals surface area contributed by atoms with E-state index in [1.54, 1.807) is 36.7 Å². The molecule has 0 radical (unpaired) electrons. The summed E-state index contributed by atoms with van der Waals surface area (Å²) in [5.74, 6) is 1.13. The summed E-state index contributed by atoms with van der Waals surface area (Å²) >= 11 is 0. The van der Waals surface area contributed by atoms with Gasteiger partial charge in [-0.25, -0.2) is 14.8 Å². The average Bonchev–Trinajstić information content (AvgIpc) is 3.00. The second kappa shape index (κ2) is 18.1. The fourth-order valence-electron chi connectivity index (χ4n) is 4.75. The molecule has 6 heteroatoms. The van der Waals surface area contributed by atoms with Gasteiger partial charge in [0, 0.05) is 23.5 Å². The number of carbonyl (C=O) groups excluding carboxylic acids is 2. The van der Waals surface area contributed by atoms with Crippen LogP contribution in [0.5, 0.6) is 5.75 Å². The first-order valence-electron chi connectivity index (χ1n) is 15.8. The van der Waals surface area contributed by atoms with Crippen molar-refractivity contribution in [1.29, 1.82) is 0 Å². The molecule has 226 valence electrons. The minimum absolute atomic E-state index is 0.126. The molecule has 0 aliphatic rings. The summed E-state index contributed by atoms with van der Waals surface area (Å²) in [5.41, 5.74) is 3.16. The van der Waals surface area contributed by atoms with Crippen LogP contribution in [0.3, 0.4) is 0 Å². The minimum Gasteiger partial charge on any atom is -0.462 e. The Kier molecular flexibility index (Phi) is 14.2. The Morgan fingerprint density at radius 3 is 1.90 bits per heavy atom.